The molecule has 0 saturated carbocycles. The van der Waals surface area contributed by atoms with E-state index in [2.05, 4.69) is 9.98 Å². The Kier molecular flexibility index (Phi) is 3.36. The SMILES string of the molecule is CC(=NCc1cccnc1)C1=C(O)c2ccccc2C1=O. The number of nitrogens with zero attached hydrogens (tertiary/aromatic N) is 2. The molecule has 1 aliphatic rings. The van der Waals surface area contributed by atoms with E-state index >= 15 is 0 Å². The van der Waals surface area contributed by atoms with Gasteiger partial charge in [-0.15, -0.1) is 0 Å². The Bertz CT molecular complexity index is 761. The number of benzene rings is 1. The Morgan fingerprint density at radius 1 is 1.19 bits per heavy atom. The molecule has 1 N–H and O–H groups in total. The lowest BCUT2D eigenvalue weighted by atomic mass is 10.1. The Hall–Kier alpha value is -2.75. The maximum atomic E-state index is 12.3. The van der Waals surface area contributed by atoms with Crippen molar-refractivity contribution in [2.24, 2.45) is 4.99 Å². The van der Waals surface area contributed by atoms with Crippen LogP contribution in [0.5, 0.6) is 0 Å². The number of rotatable bonds is 3. The van der Waals surface area contributed by atoms with E-state index in [0.29, 0.717) is 29.0 Å². The third kappa shape index (κ3) is 2.36. The number of aliphatic hydroxyl groups excluding tert-OH is 1. The van der Waals surface area contributed by atoms with E-state index in [0.717, 1.165) is 5.56 Å². The van der Waals surface area contributed by atoms with E-state index in [4.69, 9.17) is 0 Å². The van der Waals surface area contributed by atoms with Crippen LogP contribution in [0.3, 0.4) is 0 Å². The molecule has 1 heterocycles. The Morgan fingerprint density at radius 3 is 2.62 bits per heavy atom. The lowest BCUT2D eigenvalue weighted by Gasteiger charge is -2.02. The van der Waals surface area contributed by atoms with Crippen LogP contribution < -0.4 is 0 Å². The van der Waals surface area contributed by atoms with Gasteiger partial charge in [0.1, 0.15) is 5.76 Å². The zero-order valence-corrected chi connectivity index (χ0v) is 11.6. The van der Waals surface area contributed by atoms with Crippen LogP contribution in [0.4, 0.5) is 0 Å². The minimum Gasteiger partial charge on any atom is -0.506 e. The van der Waals surface area contributed by atoms with Crippen molar-refractivity contribution >= 4 is 17.3 Å². The van der Waals surface area contributed by atoms with Crippen molar-refractivity contribution in [1.29, 1.82) is 0 Å². The molecule has 4 heteroatoms. The minimum atomic E-state index is -0.171. The van der Waals surface area contributed by atoms with Gasteiger partial charge in [0.05, 0.1) is 12.1 Å². The average Bonchev–Trinajstić information content (AvgIpc) is 2.78. The normalized spacial score (nSPS) is 14.5. The van der Waals surface area contributed by atoms with Gasteiger partial charge in [-0.2, -0.15) is 0 Å². The molecule has 3 rings (SSSR count). The summed E-state index contributed by atoms with van der Waals surface area (Å²) in [7, 11) is 0. The van der Waals surface area contributed by atoms with Crippen LogP contribution in [0.15, 0.2) is 59.4 Å². The quantitative estimate of drug-likeness (QED) is 0.877. The first kappa shape index (κ1) is 13.2. The molecule has 0 fully saturated rings. The number of allylic oxidation sites excluding steroid dienone is 1. The highest BCUT2D eigenvalue weighted by Crippen LogP contribution is 2.31. The number of hydrogen-bond acceptors (Lipinski definition) is 4. The van der Waals surface area contributed by atoms with Crippen LogP contribution in [-0.4, -0.2) is 21.6 Å². The van der Waals surface area contributed by atoms with Gasteiger partial charge in [-0.25, -0.2) is 0 Å². The molecule has 1 aromatic carbocycles. The second kappa shape index (κ2) is 5.32. The third-order valence-electron chi connectivity index (χ3n) is 3.47. The van der Waals surface area contributed by atoms with Crippen molar-refractivity contribution in [3.63, 3.8) is 0 Å². The lowest BCUT2D eigenvalue weighted by Crippen LogP contribution is -2.08. The fraction of sp³-hybridized carbons (Fsp3) is 0.118. The minimum absolute atomic E-state index is 0.0167. The number of aliphatic imine (C=N–C) groups is 1. The smallest absolute Gasteiger partial charge is 0.199 e. The zero-order valence-electron chi connectivity index (χ0n) is 11.6. The number of carbonyl (C=O) groups excluding carboxylic acids is 1. The van der Waals surface area contributed by atoms with Gasteiger partial charge in [0.25, 0.3) is 0 Å². The maximum absolute atomic E-state index is 12.3. The number of Topliss-reactive ketones (excluding diaryl/α,β-unsaturated/α-hetero) is 1. The second-order valence-corrected chi connectivity index (χ2v) is 4.86. The van der Waals surface area contributed by atoms with Gasteiger partial charge >= 0.3 is 0 Å². The third-order valence-corrected chi connectivity index (χ3v) is 3.47. The number of fused-ring (bicyclic) bond motifs is 1. The van der Waals surface area contributed by atoms with E-state index in [9.17, 15) is 9.90 Å². The fourth-order valence-electron chi connectivity index (χ4n) is 2.38. The van der Waals surface area contributed by atoms with E-state index in [1.807, 2.05) is 12.1 Å². The molecular formula is C17H14N2O2. The zero-order chi connectivity index (χ0) is 14.8. The fourth-order valence-corrected chi connectivity index (χ4v) is 2.38. The first-order valence-corrected chi connectivity index (χ1v) is 6.66. The van der Waals surface area contributed by atoms with E-state index in [1.165, 1.54) is 0 Å². The number of carbonyl (C=O) groups is 1. The van der Waals surface area contributed by atoms with Crippen LogP contribution in [0.25, 0.3) is 5.76 Å². The van der Waals surface area contributed by atoms with E-state index in [1.54, 1.807) is 43.6 Å². The van der Waals surface area contributed by atoms with Crippen LogP contribution in [-0.2, 0) is 6.54 Å². The molecule has 0 amide bonds. The largest absolute Gasteiger partial charge is 0.506 e. The Balaban J connectivity index is 1.91. The molecule has 0 bridgehead atoms. The molecule has 0 unspecified atom stereocenters. The highest BCUT2D eigenvalue weighted by molar-refractivity contribution is 6.35. The van der Waals surface area contributed by atoms with Crippen molar-refractivity contribution in [1.82, 2.24) is 4.98 Å². The van der Waals surface area contributed by atoms with Crippen molar-refractivity contribution in [3.8, 4) is 0 Å². The summed E-state index contributed by atoms with van der Waals surface area (Å²) < 4.78 is 0. The Morgan fingerprint density at radius 2 is 1.95 bits per heavy atom. The summed E-state index contributed by atoms with van der Waals surface area (Å²) in [5.41, 5.74) is 2.90. The second-order valence-electron chi connectivity index (χ2n) is 4.86. The number of aromatic nitrogens is 1. The van der Waals surface area contributed by atoms with Crippen LogP contribution >= 0.6 is 0 Å². The van der Waals surface area contributed by atoms with Crippen molar-refractivity contribution in [2.45, 2.75) is 13.5 Å². The van der Waals surface area contributed by atoms with Gasteiger partial charge in [-0.3, -0.25) is 14.8 Å². The number of pyridine rings is 1. The summed E-state index contributed by atoms with van der Waals surface area (Å²) in [6.45, 7) is 2.17. The molecule has 21 heavy (non-hydrogen) atoms. The van der Waals surface area contributed by atoms with Gasteiger partial charge in [-0.1, -0.05) is 30.3 Å². The molecule has 0 spiro atoms. The Labute approximate surface area is 122 Å². The molecular weight excluding hydrogens is 264 g/mol. The summed E-state index contributed by atoms with van der Waals surface area (Å²) in [5, 5.41) is 10.2. The van der Waals surface area contributed by atoms with Crippen molar-refractivity contribution in [2.75, 3.05) is 0 Å². The van der Waals surface area contributed by atoms with Crippen LogP contribution in [0, 0.1) is 0 Å². The van der Waals surface area contributed by atoms with E-state index in [-0.39, 0.29) is 11.5 Å². The van der Waals surface area contributed by atoms with Gasteiger partial charge < -0.3 is 5.11 Å². The van der Waals surface area contributed by atoms with Crippen molar-refractivity contribution in [3.05, 3.63) is 71.1 Å². The molecule has 0 aliphatic heterocycles. The first-order valence-electron chi connectivity index (χ1n) is 6.66. The molecule has 2 aromatic rings. The highest BCUT2D eigenvalue weighted by Gasteiger charge is 2.30. The van der Waals surface area contributed by atoms with Gasteiger partial charge in [0.2, 0.25) is 0 Å². The standard InChI is InChI=1S/C17H14N2O2/c1-11(19-10-12-5-4-8-18-9-12)15-16(20)13-6-2-3-7-14(13)17(15)21/h2-9,20H,10H2,1H3. The average molecular weight is 278 g/mol. The summed E-state index contributed by atoms with van der Waals surface area (Å²) in [4.78, 5) is 20.8. The number of hydrogen-bond donors (Lipinski definition) is 1. The summed E-state index contributed by atoms with van der Waals surface area (Å²) >= 11 is 0. The monoisotopic (exact) mass is 278 g/mol. The van der Waals surface area contributed by atoms with E-state index < -0.39 is 0 Å². The molecule has 0 saturated heterocycles. The van der Waals surface area contributed by atoms with Gasteiger partial charge in [0.15, 0.2) is 5.78 Å². The maximum Gasteiger partial charge on any atom is 0.199 e. The summed E-state index contributed by atoms with van der Waals surface area (Å²) in [6, 6.07) is 10.8. The lowest BCUT2D eigenvalue weighted by molar-refractivity contribution is 0.104. The van der Waals surface area contributed by atoms with Crippen LogP contribution in [0.2, 0.25) is 0 Å². The number of aliphatic hydroxyl groups is 1. The van der Waals surface area contributed by atoms with Crippen LogP contribution in [0.1, 0.15) is 28.4 Å². The summed E-state index contributed by atoms with van der Waals surface area (Å²) in [6.07, 6.45) is 3.43. The first-order chi connectivity index (χ1) is 10.2. The topological polar surface area (TPSA) is 62.6 Å². The van der Waals surface area contributed by atoms with Crippen molar-refractivity contribution < 1.29 is 9.90 Å². The molecule has 104 valence electrons. The van der Waals surface area contributed by atoms with Gasteiger partial charge in [-0.05, 0) is 18.6 Å². The molecule has 1 aliphatic carbocycles. The van der Waals surface area contributed by atoms with Gasteiger partial charge in [0, 0.05) is 29.2 Å². The summed E-state index contributed by atoms with van der Waals surface area (Å²) in [5.74, 6) is -0.154. The molecule has 0 atom stereocenters. The molecule has 0 radical (unpaired) electrons. The predicted octanol–water partition coefficient (Wildman–Crippen LogP) is 3.21. The predicted molar refractivity (Wildman–Crippen MR) is 81.4 cm³/mol. The molecule has 1 aromatic heterocycles. The molecule has 4 nitrogen and oxygen atoms in total. The highest BCUT2D eigenvalue weighted by atomic mass is 16.3. The number of ketones is 1.